The number of halogens is 1. The molecule has 3 aromatic rings. The van der Waals surface area contributed by atoms with E-state index in [4.69, 9.17) is 21.1 Å². The fourth-order valence-electron chi connectivity index (χ4n) is 3.72. The Morgan fingerprint density at radius 3 is 2.67 bits per heavy atom. The number of hydrogen-bond acceptors (Lipinski definition) is 3. The third-order valence-corrected chi connectivity index (χ3v) is 5.81. The van der Waals surface area contributed by atoms with Gasteiger partial charge in [-0.1, -0.05) is 41.9 Å². The molecular weight excluding hydrogens is 396 g/mol. The van der Waals surface area contributed by atoms with Crippen molar-refractivity contribution in [1.29, 1.82) is 0 Å². The summed E-state index contributed by atoms with van der Waals surface area (Å²) in [6.07, 6.45) is 3.61. The van der Waals surface area contributed by atoms with E-state index < -0.39 is 0 Å². The zero-order valence-electron chi connectivity index (χ0n) is 17.1. The van der Waals surface area contributed by atoms with Crippen LogP contribution in [0.5, 0.6) is 11.5 Å². The zero-order valence-corrected chi connectivity index (χ0v) is 17.8. The maximum absolute atomic E-state index is 12.9. The standard InChI is InChI=1S/C26H23ClO3/c1-17-13-22(10-11-24(17)27)30-16-21-15-18(7-12-25(21)29-2)14-20-9-8-19-5-3-4-6-23(19)26(20)28/h3-7,10-15H,8-9,16H2,1-2H3/b20-14+. The number of hydrogen-bond donors (Lipinski definition) is 0. The first-order valence-corrected chi connectivity index (χ1v) is 10.3. The summed E-state index contributed by atoms with van der Waals surface area (Å²) in [5, 5.41) is 0.715. The minimum atomic E-state index is 0.113. The molecule has 4 rings (SSSR count). The third kappa shape index (κ3) is 4.27. The van der Waals surface area contributed by atoms with Gasteiger partial charge in [-0.3, -0.25) is 4.79 Å². The van der Waals surface area contributed by atoms with Crippen LogP contribution in [-0.4, -0.2) is 12.9 Å². The highest BCUT2D eigenvalue weighted by Gasteiger charge is 2.21. The Balaban J connectivity index is 1.57. The number of aryl methyl sites for hydroxylation is 2. The molecule has 152 valence electrons. The Labute approximate surface area is 181 Å². The lowest BCUT2D eigenvalue weighted by Crippen LogP contribution is -2.13. The molecule has 4 heteroatoms. The number of ketones is 1. The molecule has 0 atom stereocenters. The van der Waals surface area contributed by atoms with Gasteiger partial charge < -0.3 is 9.47 Å². The van der Waals surface area contributed by atoms with Crippen LogP contribution < -0.4 is 9.47 Å². The highest BCUT2D eigenvalue weighted by atomic mass is 35.5. The summed E-state index contributed by atoms with van der Waals surface area (Å²) < 4.78 is 11.5. The smallest absolute Gasteiger partial charge is 0.189 e. The molecule has 0 unspecified atom stereocenters. The number of rotatable bonds is 5. The number of fused-ring (bicyclic) bond motifs is 1. The highest BCUT2D eigenvalue weighted by molar-refractivity contribution is 6.31. The second kappa shape index (κ2) is 8.76. The van der Waals surface area contributed by atoms with Gasteiger partial charge in [0.25, 0.3) is 0 Å². The van der Waals surface area contributed by atoms with Crippen LogP contribution in [0.2, 0.25) is 5.02 Å². The molecule has 0 spiro atoms. The van der Waals surface area contributed by atoms with Crippen molar-refractivity contribution < 1.29 is 14.3 Å². The first kappa shape index (κ1) is 20.2. The lowest BCUT2D eigenvalue weighted by molar-refractivity contribution is 0.102. The van der Waals surface area contributed by atoms with Gasteiger partial charge in [-0.2, -0.15) is 0 Å². The maximum Gasteiger partial charge on any atom is 0.189 e. The number of methoxy groups -OCH3 is 1. The van der Waals surface area contributed by atoms with Gasteiger partial charge in [0.15, 0.2) is 5.78 Å². The minimum absolute atomic E-state index is 0.113. The Bertz CT molecular complexity index is 1130. The van der Waals surface area contributed by atoms with Gasteiger partial charge in [0.05, 0.1) is 7.11 Å². The Kier molecular flexibility index (Phi) is 5.91. The largest absolute Gasteiger partial charge is 0.496 e. The zero-order chi connectivity index (χ0) is 21.1. The summed E-state index contributed by atoms with van der Waals surface area (Å²) in [6.45, 7) is 2.31. The van der Waals surface area contributed by atoms with Gasteiger partial charge in [0.2, 0.25) is 0 Å². The van der Waals surface area contributed by atoms with Crippen molar-refractivity contribution in [3.05, 3.63) is 99.1 Å². The number of Topliss-reactive ketones (excluding diaryl/α,β-unsaturated/α-hetero) is 1. The lowest BCUT2D eigenvalue weighted by atomic mass is 9.86. The SMILES string of the molecule is COc1ccc(/C=C2\CCc3ccccc3C2=O)cc1COc1ccc(Cl)c(C)c1. The molecule has 0 amide bonds. The predicted molar refractivity (Wildman–Crippen MR) is 121 cm³/mol. The van der Waals surface area contributed by atoms with E-state index in [1.165, 1.54) is 0 Å². The van der Waals surface area contributed by atoms with Crippen molar-refractivity contribution in [2.75, 3.05) is 7.11 Å². The molecule has 0 fully saturated rings. The number of benzene rings is 3. The fraction of sp³-hybridized carbons (Fsp3) is 0.192. The fourth-order valence-corrected chi connectivity index (χ4v) is 3.84. The van der Waals surface area contributed by atoms with Gasteiger partial charge in [0, 0.05) is 21.7 Å². The quantitative estimate of drug-likeness (QED) is 0.447. The highest BCUT2D eigenvalue weighted by Crippen LogP contribution is 2.29. The van der Waals surface area contributed by atoms with E-state index in [1.54, 1.807) is 7.11 Å². The van der Waals surface area contributed by atoms with Crippen molar-refractivity contribution in [3.63, 3.8) is 0 Å². The first-order chi connectivity index (χ1) is 14.5. The summed E-state index contributed by atoms with van der Waals surface area (Å²) >= 11 is 6.09. The van der Waals surface area contributed by atoms with E-state index in [1.807, 2.05) is 73.7 Å². The average Bonchev–Trinajstić information content (AvgIpc) is 2.77. The summed E-state index contributed by atoms with van der Waals surface area (Å²) in [5.41, 5.74) is 5.62. The average molecular weight is 419 g/mol. The molecule has 0 bridgehead atoms. The van der Waals surface area contributed by atoms with Crippen molar-refractivity contribution in [3.8, 4) is 11.5 Å². The molecule has 0 saturated carbocycles. The van der Waals surface area contributed by atoms with Crippen molar-refractivity contribution in [2.24, 2.45) is 0 Å². The van der Waals surface area contributed by atoms with E-state index in [0.29, 0.717) is 11.6 Å². The van der Waals surface area contributed by atoms with Crippen molar-refractivity contribution in [1.82, 2.24) is 0 Å². The molecule has 0 heterocycles. The Hall–Kier alpha value is -3.04. The number of carbonyl (C=O) groups excluding carboxylic acids is 1. The van der Waals surface area contributed by atoms with Gasteiger partial charge in [-0.05, 0) is 72.9 Å². The van der Waals surface area contributed by atoms with E-state index in [-0.39, 0.29) is 5.78 Å². The molecular formula is C26H23ClO3. The van der Waals surface area contributed by atoms with E-state index in [9.17, 15) is 4.79 Å². The maximum atomic E-state index is 12.9. The van der Waals surface area contributed by atoms with Crippen LogP contribution in [0.25, 0.3) is 6.08 Å². The van der Waals surface area contributed by atoms with Crippen LogP contribution in [-0.2, 0) is 13.0 Å². The van der Waals surface area contributed by atoms with Crippen LogP contribution in [0.1, 0.15) is 39.0 Å². The van der Waals surface area contributed by atoms with Gasteiger partial charge in [0.1, 0.15) is 18.1 Å². The second-order valence-corrected chi connectivity index (χ2v) is 7.83. The Morgan fingerprint density at radius 1 is 1.03 bits per heavy atom. The Morgan fingerprint density at radius 2 is 1.87 bits per heavy atom. The third-order valence-electron chi connectivity index (χ3n) is 5.39. The first-order valence-electron chi connectivity index (χ1n) is 9.94. The molecule has 0 aliphatic heterocycles. The van der Waals surface area contributed by atoms with Crippen LogP contribution in [0.4, 0.5) is 0 Å². The van der Waals surface area contributed by atoms with Gasteiger partial charge in [-0.25, -0.2) is 0 Å². The van der Waals surface area contributed by atoms with Crippen LogP contribution in [0, 0.1) is 6.92 Å². The molecule has 0 aromatic heterocycles. The lowest BCUT2D eigenvalue weighted by Gasteiger charge is -2.17. The van der Waals surface area contributed by atoms with Crippen molar-refractivity contribution >= 4 is 23.5 Å². The molecule has 0 N–H and O–H groups in total. The van der Waals surface area contributed by atoms with E-state index >= 15 is 0 Å². The van der Waals surface area contributed by atoms with Crippen molar-refractivity contribution in [2.45, 2.75) is 26.4 Å². The second-order valence-electron chi connectivity index (χ2n) is 7.43. The van der Waals surface area contributed by atoms with E-state index in [2.05, 4.69) is 0 Å². The molecule has 0 saturated heterocycles. The minimum Gasteiger partial charge on any atom is -0.496 e. The van der Waals surface area contributed by atoms with Gasteiger partial charge in [-0.15, -0.1) is 0 Å². The van der Waals surface area contributed by atoms with Crippen LogP contribution in [0.3, 0.4) is 0 Å². The number of carbonyl (C=O) groups is 1. The van der Waals surface area contributed by atoms with Crippen LogP contribution >= 0.6 is 11.6 Å². The number of allylic oxidation sites excluding steroid dienone is 1. The summed E-state index contributed by atoms with van der Waals surface area (Å²) in [5.74, 6) is 1.62. The van der Waals surface area contributed by atoms with E-state index in [0.717, 1.165) is 57.7 Å². The molecule has 1 aliphatic carbocycles. The van der Waals surface area contributed by atoms with Crippen LogP contribution in [0.15, 0.2) is 66.2 Å². The molecule has 30 heavy (non-hydrogen) atoms. The topological polar surface area (TPSA) is 35.5 Å². The van der Waals surface area contributed by atoms with Gasteiger partial charge >= 0.3 is 0 Å². The number of ether oxygens (including phenoxy) is 2. The summed E-state index contributed by atoms with van der Waals surface area (Å²) in [6, 6.07) is 19.3. The normalized spacial score (nSPS) is 14.5. The molecule has 3 aromatic carbocycles. The summed E-state index contributed by atoms with van der Waals surface area (Å²) in [4.78, 5) is 12.9. The molecule has 0 radical (unpaired) electrons. The predicted octanol–water partition coefficient (Wildman–Crippen LogP) is 6.45. The molecule has 3 nitrogen and oxygen atoms in total. The monoisotopic (exact) mass is 418 g/mol. The molecule has 1 aliphatic rings. The summed E-state index contributed by atoms with van der Waals surface area (Å²) in [7, 11) is 1.64.